The standard InChI is InChI=1S/C31H29ClN8O3S/c32-26-19(36-28(42)25-20(18-41)39-13-2-1-8-24(39)37-29(25)43)5-3-6-21(26)44-22-17-35-30(40-16-12-34-27(22)40)38-14-10-31(11-15-38)9-4-7-23(31)33/h1-3,5-6,8,12-13,16-17,23,43H,4,7,9-11,14-15,33H2,(H,36,42). The van der Waals surface area contributed by atoms with Gasteiger partial charge < -0.3 is 21.1 Å². The number of aliphatic hydroxyl groups excluding tert-OH is 1. The molecule has 1 aliphatic carbocycles. The lowest BCUT2D eigenvalue weighted by molar-refractivity contribution is -0.112. The number of anilines is 2. The lowest BCUT2D eigenvalue weighted by Crippen LogP contribution is -2.47. The van der Waals surface area contributed by atoms with Gasteiger partial charge >= 0.3 is 0 Å². The van der Waals surface area contributed by atoms with Crippen molar-refractivity contribution >= 4 is 58.3 Å². The molecule has 4 aliphatic rings. The van der Waals surface area contributed by atoms with E-state index in [-0.39, 0.29) is 27.7 Å². The van der Waals surface area contributed by atoms with Gasteiger partial charge in [-0.05, 0) is 55.4 Å². The van der Waals surface area contributed by atoms with Gasteiger partial charge in [-0.25, -0.2) is 14.8 Å². The first-order chi connectivity index (χ1) is 21.4. The number of benzene rings is 1. The summed E-state index contributed by atoms with van der Waals surface area (Å²) >= 11 is 8.16. The maximum Gasteiger partial charge on any atom is 0.264 e. The summed E-state index contributed by atoms with van der Waals surface area (Å²) in [4.78, 5) is 43.8. The first-order valence-corrected chi connectivity index (χ1v) is 15.6. The number of nitrogens with zero attached hydrogens (tertiary/aromatic N) is 6. The third kappa shape index (κ3) is 4.80. The number of aromatic nitrogens is 3. The van der Waals surface area contributed by atoms with Crippen molar-refractivity contribution in [2.24, 2.45) is 16.1 Å². The van der Waals surface area contributed by atoms with Crippen molar-refractivity contribution in [3.05, 3.63) is 83.4 Å². The summed E-state index contributed by atoms with van der Waals surface area (Å²) in [6.45, 7) is 1.80. The molecule has 1 aromatic carbocycles. The van der Waals surface area contributed by atoms with Crippen molar-refractivity contribution in [2.75, 3.05) is 23.3 Å². The third-order valence-corrected chi connectivity index (χ3v) is 10.5. The molecule has 11 nitrogen and oxygen atoms in total. The maximum absolute atomic E-state index is 13.3. The van der Waals surface area contributed by atoms with E-state index in [0.29, 0.717) is 16.4 Å². The number of carbonyl (C=O) groups is 1. The van der Waals surface area contributed by atoms with E-state index in [0.717, 1.165) is 48.8 Å². The number of aliphatic hydroxyl groups is 1. The highest BCUT2D eigenvalue weighted by molar-refractivity contribution is 7.99. The molecule has 0 radical (unpaired) electrons. The lowest BCUT2D eigenvalue weighted by Gasteiger charge is -2.42. The summed E-state index contributed by atoms with van der Waals surface area (Å²) in [6, 6.07) is 5.51. The molecule has 1 atom stereocenters. The molecule has 3 aliphatic heterocycles. The Morgan fingerprint density at radius 1 is 1.18 bits per heavy atom. The fraction of sp³-hybridized carbons (Fsp3) is 0.290. The van der Waals surface area contributed by atoms with Gasteiger partial charge in [0, 0.05) is 48.8 Å². The van der Waals surface area contributed by atoms with Crippen molar-refractivity contribution in [3.63, 3.8) is 0 Å². The molecule has 7 rings (SSSR count). The van der Waals surface area contributed by atoms with E-state index in [4.69, 9.17) is 22.3 Å². The molecular weight excluding hydrogens is 600 g/mol. The van der Waals surface area contributed by atoms with Gasteiger partial charge in [0.2, 0.25) is 11.8 Å². The first kappa shape index (κ1) is 28.4. The van der Waals surface area contributed by atoms with Crippen molar-refractivity contribution in [2.45, 2.75) is 47.9 Å². The Morgan fingerprint density at radius 2 is 2.02 bits per heavy atom. The van der Waals surface area contributed by atoms with Crippen LogP contribution in [0.1, 0.15) is 32.1 Å². The number of nitrogens with one attached hydrogen (secondary N) is 1. The highest BCUT2D eigenvalue weighted by Gasteiger charge is 2.43. The van der Waals surface area contributed by atoms with Crippen LogP contribution in [0.2, 0.25) is 5.02 Å². The Labute approximate surface area is 262 Å². The number of fused-ring (bicyclic) bond motifs is 2. The van der Waals surface area contributed by atoms with Gasteiger partial charge in [0.05, 0.1) is 15.6 Å². The second kappa shape index (κ2) is 11.3. The van der Waals surface area contributed by atoms with E-state index in [1.165, 1.54) is 29.5 Å². The third-order valence-electron chi connectivity index (χ3n) is 8.91. The minimum atomic E-state index is -0.751. The summed E-state index contributed by atoms with van der Waals surface area (Å²) in [5, 5.41) is 13.5. The van der Waals surface area contributed by atoms with Crippen LogP contribution in [-0.4, -0.2) is 61.2 Å². The van der Waals surface area contributed by atoms with Crippen molar-refractivity contribution in [1.82, 2.24) is 19.3 Å². The quantitative estimate of drug-likeness (QED) is 0.338. The zero-order valence-electron chi connectivity index (χ0n) is 23.6. The zero-order chi connectivity index (χ0) is 30.4. The van der Waals surface area contributed by atoms with Gasteiger partial charge in [0.25, 0.3) is 5.91 Å². The van der Waals surface area contributed by atoms with Crippen molar-refractivity contribution in [3.8, 4) is 0 Å². The molecule has 5 heterocycles. The van der Waals surface area contributed by atoms with Crippen molar-refractivity contribution in [1.29, 1.82) is 0 Å². The first-order valence-electron chi connectivity index (χ1n) is 14.4. The van der Waals surface area contributed by atoms with Crippen LogP contribution in [0.15, 0.2) is 93.2 Å². The Hall–Kier alpha value is -4.35. The van der Waals surface area contributed by atoms with Gasteiger partial charge in [-0.3, -0.25) is 14.1 Å². The molecule has 4 N–H and O–H groups in total. The van der Waals surface area contributed by atoms with E-state index >= 15 is 0 Å². The molecular formula is C31H29ClN8O3S. The Bertz CT molecular complexity index is 1850. The van der Waals surface area contributed by atoms with Crippen LogP contribution >= 0.6 is 23.4 Å². The number of carbonyl (C=O) groups excluding carboxylic acids is 2. The summed E-state index contributed by atoms with van der Waals surface area (Å²) in [7, 11) is 0. The van der Waals surface area contributed by atoms with Crippen LogP contribution in [0.3, 0.4) is 0 Å². The normalized spacial score (nSPS) is 20.7. The van der Waals surface area contributed by atoms with E-state index in [1.807, 2.05) is 16.7 Å². The van der Waals surface area contributed by atoms with Gasteiger partial charge in [-0.15, -0.1) is 0 Å². The number of aliphatic imine (C=N–C) groups is 1. The SMILES string of the molecule is NC1CCCC12CCN(c1ncc(Sc3cccc(NC(=O)C4=C(O)N=C5C=CC=CN5C4=C=O)c3Cl)c3nccn13)CC2. The van der Waals surface area contributed by atoms with Crippen LogP contribution in [0.5, 0.6) is 0 Å². The number of allylic oxidation sites excluding steroid dienone is 2. The molecule has 1 amide bonds. The van der Waals surface area contributed by atoms with E-state index in [9.17, 15) is 14.7 Å². The van der Waals surface area contributed by atoms with Crippen LogP contribution in [0, 0.1) is 5.41 Å². The average molecular weight is 629 g/mol. The molecule has 2 aromatic heterocycles. The number of amidine groups is 1. The van der Waals surface area contributed by atoms with Crippen molar-refractivity contribution < 1.29 is 14.7 Å². The molecule has 1 saturated heterocycles. The van der Waals surface area contributed by atoms with Crippen LogP contribution in [0.25, 0.3) is 5.65 Å². The number of halogens is 1. The van der Waals surface area contributed by atoms with Gasteiger partial charge in [0.1, 0.15) is 11.4 Å². The summed E-state index contributed by atoms with van der Waals surface area (Å²) in [6.07, 6.45) is 17.7. The minimum Gasteiger partial charge on any atom is -0.493 e. The second-order valence-electron chi connectivity index (χ2n) is 11.3. The Balaban J connectivity index is 1.12. The molecule has 3 aromatic rings. The predicted octanol–water partition coefficient (Wildman–Crippen LogP) is 4.85. The Morgan fingerprint density at radius 3 is 2.80 bits per heavy atom. The average Bonchev–Trinajstić information content (AvgIpc) is 3.66. The highest BCUT2D eigenvalue weighted by Crippen LogP contribution is 2.46. The molecule has 44 heavy (non-hydrogen) atoms. The van der Waals surface area contributed by atoms with Crippen LogP contribution in [0.4, 0.5) is 11.6 Å². The molecule has 1 spiro atoms. The maximum atomic E-state index is 13.3. The van der Waals surface area contributed by atoms with Gasteiger partial charge in [0.15, 0.2) is 17.3 Å². The molecule has 224 valence electrons. The van der Waals surface area contributed by atoms with Crippen LogP contribution < -0.4 is 16.0 Å². The van der Waals surface area contributed by atoms with Gasteiger partial charge in [-0.1, -0.05) is 41.9 Å². The Kier molecular flexibility index (Phi) is 7.30. The number of hydrogen-bond acceptors (Lipinski definition) is 10. The molecule has 0 bridgehead atoms. The smallest absolute Gasteiger partial charge is 0.264 e. The van der Waals surface area contributed by atoms with E-state index in [1.54, 1.807) is 54.9 Å². The summed E-state index contributed by atoms with van der Waals surface area (Å²) in [5.74, 6) is 1.56. The molecule has 2 fully saturated rings. The summed E-state index contributed by atoms with van der Waals surface area (Å²) < 4.78 is 2.00. The van der Waals surface area contributed by atoms with E-state index < -0.39 is 11.8 Å². The fourth-order valence-corrected chi connectivity index (χ4v) is 7.75. The van der Waals surface area contributed by atoms with Crippen LogP contribution in [-0.2, 0) is 9.59 Å². The minimum absolute atomic E-state index is 0.157. The van der Waals surface area contributed by atoms with Gasteiger partial charge in [-0.2, -0.15) is 4.99 Å². The lowest BCUT2D eigenvalue weighted by atomic mass is 9.74. The number of piperidine rings is 1. The predicted molar refractivity (Wildman–Crippen MR) is 169 cm³/mol. The molecule has 1 saturated carbocycles. The highest BCUT2D eigenvalue weighted by atomic mass is 35.5. The summed E-state index contributed by atoms with van der Waals surface area (Å²) in [5.41, 5.74) is 7.34. The number of amides is 1. The second-order valence-corrected chi connectivity index (χ2v) is 12.7. The fourth-order valence-electron chi connectivity index (χ4n) is 6.53. The topological polar surface area (TPSA) is 141 Å². The monoisotopic (exact) mass is 628 g/mol. The number of imidazole rings is 1. The number of nitrogens with two attached hydrogens (primary N) is 1. The zero-order valence-corrected chi connectivity index (χ0v) is 25.2. The molecule has 1 unspecified atom stereocenters. The largest absolute Gasteiger partial charge is 0.493 e. The molecule has 13 heteroatoms. The van der Waals surface area contributed by atoms with E-state index in [2.05, 4.69) is 20.2 Å². The number of rotatable bonds is 5. The number of hydrogen-bond donors (Lipinski definition) is 3.